The number of alkyl halides is 3. The van der Waals surface area contributed by atoms with Gasteiger partial charge >= 0.3 is 6.18 Å². The molecule has 4 heterocycles. The minimum atomic E-state index is -4.57. The zero-order valence-electron chi connectivity index (χ0n) is 18.1. The zero-order chi connectivity index (χ0) is 24.2. The highest BCUT2D eigenvalue weighted by Crippen LogP contribution is 2.45. The Labute approximate surface area is 196 Å². The molecule has 3 aliphatic heterocycles. The van der Waals surface area contributed by atoms with Crippen molar-refractivity contribution in [1.82, 2.24) is 9.78 Å². The number of amides is 1. The van der Waals surface area contributed by atoms with E-state index in [-0.39, 0.29) is 24.7 Å². The van der Waals surface area contributed by atoms with E-state index in [0.717, 1.165) is 4.68 Å². The number of carbonyl (C=O) groups is 1. The monoisotopic (exact) mass is 488 g/mol. The van der Waals surface area contributed by atoms with Gasteiger partial charge in [0.25, 0.3) is 5.91 Å². The van der Waals surface area contributed by atoms with Gasteiger partial charge in [0.15, 0.2) is 34.7 Å². The number of fused-ring (bicyclic) bond motifs is 3. The predicted molar refractivity (Wildman–Crippen MR) is 116 cm³/mol. The molecule has 0 spiro atoms. The summed E-state index contributed by atoms with van der Waals surface area (Å²) in [4.78, 5) is 12.8. The SMILES string of the molecule is O=C(Nc1ccc2c(c1)OCCO2)c1cc2n(n1)[C@@H](C(F)(F)F)C[C@@H](c1ccc3c(c1)OCO3)N2. The lowest BCUT2D eigenvalue weighted by Crippen LogP contribution is -2.35. The zero-order valence-corrected chi connectivity index (χ0v) is 18.1. The lowest BCUT2D eigenvalue weighted by Gasteiger charge is -2.33. The Morgan fingerprint density at radius 1 is 0.971 bits per heavy atom. The van der Waals surface area contributed by atoms with Crippen molar-refractivity contribution in [3.8, 4) is 23.0 Å². The second-order valence-electron chi connectivity index (χ2n) is 8.27. The molecular weight excluding hydrogens is 469 g/mol. The van der Waals surface area contributed by atoms with E-state index in [4.69, 9.17) is 18.9 Å². The lowest BCUT2D eigenvalue weighted by atomic mass is 9.96. The molecule has 0 radical (unpaired) electrons. The Morgan fingerprint density at radius 2 is 1.69 bits per heavy atom. The topological polar surface area (TPSA) is 95.9 Å². The summed E-state index contributed by atoms with van der Waals surface area (Å²) in [7, 11) is 0. The first-order valence-electron chi connectivity index (χ1n) is 10.9. The van der Waals surface area contributed by atoms with Gasteiger partial charge in [-0.1, -0.05) is 6.07 Å². The van der Waals surface area contributed by atoms with E-state index in [1.807, 2.05) is 0 Å². The standard InChI is InChI=1S/C23H19F3N4O5/c24-23(25,26)20-9-14(12-1-3-17-18(7-12)35-11-34-17)28-21-10-15(29-30(20)21)22(31)27-13-2-4-16-19(8-13)33-6-5-32-16/h1-4,7-8,10,14,20,28H,5-6,9,11H2,(H,27,31)/t14-,20+/m0/s1. The number of nitrogens with zero attached hydrogens (tertiary/aromatic N) is 2. The van der Waals surface area contributed by atoms with Gasteiger partial charge in [-0.25, -0.2) is 4.68 Å². The highest BCUT2D eigenvalue weighted by Gasteiger charge is 2.47. The Hall–Kier alpha value is -4.09. The molecule has 12 heteroatoms. The van der Waals surface area contributed by atoms with Crippen molar-refractivity contribution >= 4 is 17.4 Å². The maximum absolute atomic E-state index is 14.0. The summed E-state index contributed by atoms with van der Waals surface area (Å²) in [5.41, 5.74) is 0.866. The van der Waals surface area contributed by atoms with Crippen molar-refractivity contribution in [2.75, 3.05) is 30.6 Å². The Morgan fingerprint density at radius 3 is 2.51 bits per heavy atom. The van der Waals surface area contributed by atoms with Gasteiger partial charge in [-0.3, -0.25) is 4.79 Å². The van der Waals surface area contributed by atoms with Crippen molar-refractivity contribution < 1.29 is 36.9 Å². The van der Waals surface area contributed by atoms with Crippen molar-refractivity contribution in [3.05, 3.63) is 53.7 Å². The first kappa shape index (κ1) is 21.4. The van der Waals surface area contributed by atoms with Gasteiger partial charge in [-0.05, 0) is 29.8 Å². The minimum Gasteiger partial charge on any atom is -0.486 e. The summed E-state index contributed by atoms with van der Waals surface area (Å²) in [6.45, 7) is 0.878. The van der Waals surface area contributed by atoms with Crippen LogP contribution >= 0.6 is 0 Å². The summed E-state index contributed by atoms with van der Waals surface area (Å²) in [6, 6.07) is 8.61. The molecular formula is C23H19F3N4O5. The van der Waals surface area contributed by atoms with Crippen LogP contribution in [0.15, 0.2) is 42.5 Å². The van der Waals surface area contributed by atoms with E-state index < -0.39 is 24.2 Å². The molecule has 1 aromatic heterocycles. The molecule has 2 atom stereocenters. The van der Waals surface area contributed by atoms with Crippen molar-refractivity contribution in [1.29, 1.82) is 0 Å². The highest BCUT2D eigenvalue weighted by molar-refractivity contribution is 6.03. The van der Waals surface area contributed by atoms with Gasteiger partial charge in [-0.15, -0.1) is 0 Å². The molecule has 35 heavy (non-hydrogen) atoms. The molecule has 2 aromatic carbocycles. The number of hydrogen-bond acceptors (Lipinski definition) is 7. The van der Waals surface area contributed by atoms with Gasteiger partial charge in [-0.2, -0.15) is 18.3 Å². The van der Waals surface area contributed by atoms with Crippen LogP contribution in [0.4, 0.5) is 24.7 Å². The second kappa shape index (κ2) is 8.00. The van der Waals surface area contributed by atoms with E-state index >= 15 is 0 Å². The third-order valence-corrected chi connectivity index (χ3v) is 6.02. The van der Waals surface area contributed by atoms with Crippen molar-refractivity contribution in [2.45, 2.75) is 24.7 Å². The van der Waals surface area contributed by atoms with Crippen molar-refractivity contribution in [3.63, 3.8) is 0 Å². The maximum Gasteiger partial charge on any atom is 0.410 e. The minimum absolute atomic E-state index is 0.0661. The van der Waals surface area contributed by atoms with Gasteiger partial charge in [0.05, 0.1) is 6.04 Å². The number of hydrogen-bond donors (Lipinski definition) is 2. The molecule has 9 nitrogen and oxygen atoms in total. The van der Waals surface area contributed by atoms with Crippen LogP contribution in [0.25, 0.3) is 0 Å². The first-order chi connectivity index (χ1) is 16.8. The van der Waals surface area contributed by atoms with Gasteiger partial charge in [0.2, 0.25) is 6.79 Å². The number of carbonyl (C=O) groups excluding carboxylic acids is 1. The van der Waals surface area contributed by atoms with Crippen LogP contribution in [0.1, 0.15) is 34.6 Å². The normalized spacial score (nSPS) is 20.1. The maximum atomic E-state index is 14.0. The third kappa shape index (κ3) is 3.94. The predicted octanol–water partition coefficient (Wildman–Crippen LogP) is 4.30. The van der Waals surface area contributed by atoms with E-state index in [2.05, 4.69) is 15.7 Å². The van der Waals surface area contributed by atoms with E-state index in [9.17, 15) is 18.0 Å². The molecule has 0 aliphatic carbocycles. The highest BCUT2D eigenvalue weighted by atomic mass is 19.4. The summed E-state index contributed by atoms with van der Waals surface area (Å²) >= 11 is 0. The summed E-state index contributed by atoms with van der Waals surface area (Å²) in [5, 5.41) is 9.72. The van der Waals surface area contributed by atoms with E-state index in [1.165, 1.54) is 6.07 Å². The molecule has 6 rings (SSSR count). The molecule has 182 valence electrons. The molecule has 0 unspecified atom stereocenters. The number of nitrogens with one attached hydrogen (secondary N) is 2. The molecule has 2 N–H and O–H groups in total. The first-order valence-corrected chi connectivity index (χ1v) is 10.9. The van der Waals surface area contributed by atoms with Crippen LogP contribution in [0.3, 0.4) is 0 Å². The average molecular weight is 488 g/mol. The van der Waals surface area contributed by atoms with E-state index in [1.54, 1.807) is 36.4 Å². The molecule has 3 aliphatic rings. The molecule has 0 bridgehead atoms. The molecule has 0 saturated heterocycles. The number of benzene rings is 2. The quantitative estimate of drug-likeness (QED) is 0.568. The summed E-state index contributed by atoms with van der Waals surface area (Å²) in [5.74, 6) is 1.49. The average Bonchev–Trinajstić information content (AvgIpc) is 3.49. The fraction of sp³-hybridized carbons (Fsp3) is 0.304. The molecule has 0 fully saturated rings. The van der Waals surface area contributed by atoms with Gasteiger partial charge < -0.3 is 29.6 Å². The largest absolute Gasteiger partial charge is 0.486 e. The number of ether oxygens (including phenoxy) is 4. The Kier molecular flexibility index (Phi) is 4.90. The van der Waals surface area contributed by atoms with Crippen LogP contribution in [0.5, 0.6) is 23.0 Å². The van der Waals surface area contributed by atoms with E-state index in [0.29, 0.717) is 47.5 Å². The van der Waals surface area contributed by atoms with Gasteiger partial charge in [0, 0.05) is 24.2 Å². The fourth-order valence-electron chi connectivity index (χ4n) is 4.35. The van der Waals surface area contributed by atoms with Gasteiger partial charge in [0.1, 0.15) is 19.0 Å². The van der Waals surface area contributed by atoms with Crippen LogP contribution < -0.4 is 29.6 Å². The van der Waals surface area contributed by atoms with Crippen LogP contribution in [0.2, 0.25) is 0 Å². The Bertz CT molecular complexity index is 1310. The third-order valence-electron chi connectivity index (χ3n) is 6.02. The summed E-state index contributed by atoms with van der Waals surface area (Å²) in [6.07, 6.45) is -4.87. The number of aromatic nitrogens is 2. The number of anilines is 2. The molecule has 3 aromatic rings. The summed E-state index contributed by atoms with van der Waals surface area (Å²) < 4.78 is 64.4. The molecule has 1 amide bonds. The van der Waals surface area contributed by atoms with Crippen LogP contribution in [-0.4, -0.2) is 41.9 Å². The second-order valence-corrected chi connectivity index (χ2v) is 8.27. The fourth-order valence-corrected chi connectivity index (χ4v) is 4.35. The number of halogens is 3. The smallest absolute Gasteiger partial charge is 0.410 e. The number of rotatable bonds is 3. The molecule has 0 saturated carbocycles. The van der Waals surface area contributed by atoms with Crippen LogP contribution in [0, 0.1) is 0 Å². The van der Waals surface area contributed by atoms with Crippen molar-refractivity contribution in [2.24, 2.45) is 0 Å². The lowest BCUT2D eigenvalue weighted by molar-refractivity contribution is -0.173. The Balaban J connectivity index is 1.27. The van der Waals surface area contributed by atoms with Crippen LogP contribution in [-0.2, 0) is 0 Å².